The molecule has 1 N–H and O–H groups in total. The number of para-hydroxylation sites is 1. The third kappa shape index (κ3) is 4.21. The molecule has 1 saturated heterocycles. The number of hydrogen-bond acceptors (Lipinski definition) is 5. The van der Waals surface area contributed by atoms with E-state index in [0.717, 1.165) is 30.3 Å². The Morgan fingerprint density at radius 2 is 1.66 bits per heavy atom. The Bertz CT molecular complexity index is 960. The number of carbonyl (C=O) groups is 1. The molecule has 0 bridgehead atoms. The number of hydrogen-bond donors (Lipinski definition) is 1. The largest absolute Gasteiger partial charge is 0.354 e. The molecule has 0 aliphatic carbocycles. The first-order valence-electron chi connectivity index (χ1n) is 9.86. The van der Waals surface area contributed by atoms with Gasteiger partial charge in [0.2, 0.25) is 0 Å². The molecule has 0 radical (unpaired) electrons. The van der Waals surface area contributed by atoms with Crippen LogP contribution in [0.5, 0.6) is 0 Å². The summed E-state index contributed by atoms with van der Waals surface area (Å²) in [7, 11) is 0. The Kier molecular flexibility index (Phi) is 5.42. The highest BCUT2D eigenvalue weighted by Crippen LogP contribution is 2.24. The molecule has 148 valence electrons. The number of carbonyl (C=O) groups excluding carboxylic acids is 1. The van der Waals surface area contributed by atoms with Crippen molar-refractivity contribution in [2.24, 2.45) is 0 Å². The van der Waals surface area contributed by atoms with Crippen LogP contribution in [0.25, 0.3) is 0 Å². The monoisotopic (exact) mass is 387 g/mol. The van der Waals surface area contributed by atoms with Crippen molar-refractivity contribution < 1.29 is 4.79 Å². The number of anilines is 3. The van der Waals surface area contributed by atoms with Crippen molar-refractivity contribution in [3.05, 3.63) is 77.7 Å². The zero-order valence-corrected chi connectivity index (χ0v) is 16.8. The summed E-state index contributed by atoms with van der Waals surface area (Å²) in [5, 5.41) is 3.41. The van der Waals surface area contributed by atoms with Crippen molar-refractivity contribution in [1.29, 1.82) is 0 Å². The molecular formula is C23H25N5O. The Hall–Kier alpha value is -3.41. The fourth-order valence-corrected chi connectivity index (χ4v) is 3.59. The third-order valence-electron chi connectivity index (χ3n) is 5.27. The molecule has 1 aromatic carbocycles. The topological polar surface area (TPSA) is 61.4 Å². The van der Waals surface area contributed by atoms with Gasteiger partial charge in [0.25, 0.3) is 5.91 Å². The highest BCUT2D eigenvalue weighted by atomic mass is 16.2. The van der Waals surface area contributed by atoms with Crippen molar-refractivity contribution >= 4 is 23.1 Å². The van der Waals surface area contributed by atoms with E-state index in [4.69, 9.17) is 0 Å². The number of pyridine rings is 2. The first kappa shape index (κ1) is 18.9. The summed E-state index contributed by atoms with van der Waals surface area (Å²) in [4.78, 5) is 25.7. The maximum Gasteiger partial charge on any atom is 0.272 e. The number of nitrogens with one attached hydrogen (secondary N) is 1. The van der Waals surface area contributed by atoms with Gasteiger partial charge in [-0.15, -0.1) is 0 Å². The molecule has 3 heterocycles. The lowest BCUT2D eigenvalue weighted by Crippen LogP contribution is -2.49. The molecule has 1 fully saturated rings. The average Bonchev–Trinajstić information content (AvgIpc) is 2.77. The SMILES string of the molecule is Cc1cccc(C)c1Nc1ccc(C(=O)N2CCN(c3ccccn3)CC2)nc1. The van der Waals surface area contributed by atoms with Gasteiger partial charge in [-0.3, -0.25) is 4.79 Å². The average molecular weight is 387 g/mol. The fraction of sp³-hybridized carbons (Fsp3) is 0.261. The van der Waals surface area contributed by atoms with E-state index in [1.165, 1.54) is 11.1 Å². The molecule has 0 spiro atoms. The highest BCUT2D eigenvalue weighted by molar-refractivity contribution is 5.92. The summed E-state index contributed by atoms with van der Waals surface area (Å²) in [6, 6.07) is 15.8. The number of aromatic nitrogens is 2. The van der Waals surface area contributed by atoms with E-state index in [-0.39, 0.29) is 5.91 Å². The smallest absolute Gasteiger partial charge is 0.272 e. The normalized spacial score (nSPS) is 14.0. The van der Waals surface area contributed by atoms with Gasteiger partial charge in [-0.1, -0.05) is 24.3 Å². The molecule has 1 aliphatic rings. The molecule has 29 heavy (non-hydrogen) atoms. The second-order valence-electron chi connectivity index (χ2n) is 7.29. The summed E-state index contributed by atoms with van der Waals surface area (Å²) in [6.07, 6.45) is 3.52. The van der Waals surface area contributed by atoms with E-state index < -0.39 is 0 Å². The molecule has 4 rings (SSSR count). The molecule has 6 heteroatoms. The van der Waals surface area contributed by atoms with Crippen molar-refractivity contribution in [3.63, 3.8) is 0 Å². The Balaban J connectivity index is 1.39. The summed E-state index contributed by atoms with van der Waals surface area (Å²) in [6.45, 7) is 7.03. The van der Waals surface area contributed by atoms with Crippen molar-refractivity contribution in [2.75, 3.05) is 36.4 Å². The second kappa shape index (κ2) is 8.31. The minimum Gasteiger partial charge on any atom is -0.354 e. The van der Waals surface area contributed by atoms with Crippen LogP contribution in [0.3, 0.4) is 0 Å². The summed E-state index contributed by atoms with van der Waals surface area (Å²) >= 11 is 0. The van der Waals surface area contributed by atoms with Crippen LogP contribution in [0.15, 0.2) is 60.9 Å². The highest BCUT2D eigenvalue weighted by Gasteiger charge is 2.23. The van der Waals surface area contributed by atoms with Gasteiger partial charge in [-0.2, -0.15) is 0 Å². The lowest BCUT2D eigenvalue weighted by Gasteiger charge is -2.35. The fourth-order valence-electron chi connectivity index (χ4n) is 3.59. The van der Waals surface area contributed by atoms with Crippen LogP contribution >= 0.6 is 0 Å². The first-order chi connectivity index (χ1) is 14.1. The maximum absolute atomic E-state index is 12.8. The van der Waals surface area contributed by atoms with E-state index >= 15 is 0 Å². The Morgan fingerprint density at radius 1 is 0.897 bits per heavy atom. The summed E-state index contributed by atoms with van der Waals surface area (Å²) < 4.78 is 0. The number of benzene rings is 1. The molecule has 3 aromatic rings. The molecule has 0 unspecified atom stereocenters. The van der Waals surface area contributed by atoms with Crippen molar-refractivity contribution in [2.45, 2.75) is 13.8 Å². The standard InChI is InChI=1S/C23H25N5O/c1-17-6-5-7-18(2)22(17)26-19-9-10-20(25-16-19)23(29)28-14-12-27(13-15-28)21-8-3-4-11-24-21/h3-11,16,26H,12-15H2,1-2H3. The van der Waals surface area contributed by atoms with E-state index in [2.05, 4.69) is 46.2 Å². The minimum absolute atomic E-state index is 0.0238. The van der Waals surface area contributed by atoms with Gasteiger partial charge in [-0.25, -0.2) is 9.97 Å². The van der Waals surface area contributed by atoms with Gasteiger partial charge in [0.15, 0.2) is 0 Å². The molecule has 6 nitrogen and oxygen atoms in total. The van der Waals surface area contributed by atoms with Gasteiger partial charge in [0, 0.05) is 38.1 Å². The van der Waals surface area contributed by atoms with Crippen molar-refractivity contribution in [1.82, 2.24) is 14.9 Å². The van der Waals surface area contributed by atoms with Crippen molar-refractivity contribution in [3.8, 4) is 0 Å². The summed E-state index contributed by atoms with van der Waals surface area (Å²) in [5.41, 5.74) is 4.79. The van der Waals surface area contributed by atoms with Crippen LogP contribution in [-0.4, -0.2) is 47.0 Å². The minimum atomic E-state index is -0.0238. The van der Waals surface area contributed by atoms with Gasteiger partial charge in [-0.05, 0) is 49.2 Å². The Labute approximate surface area is 171 Å². The molecule has 2 aromatic heterocycles. The van der Waals surface area contributed by atoms with Crippen LogP contribution in [-0.2, 0) is 0 Å². The van der Waals surface area contributed by atoms with Crippen LogP contribution in [0.2, 0.25) is 0 Å². The number of rotatable bonds is 4. The molecular weight excluding hydrogens is 362 g/mol. The van der Waals surface area contributed by atoms with Gasteiger partial charge < -0.3 is 15.1 Å². The van der Waals surface area contributed by atoms with E-state index in [9.17, 15) is 4.79 Å². The van der Waals surface area contributed by atoms with Crippen LogP contribution < -0.4 is 10.2 Å². The van der Waals surface area contributed by atoms with Crippen LogP contribution in [0.4, 0.5) is 17.2 Å². The van der Waals surface area contributed by atoms with Gasteiger partial charge in [0.05, 0.1) is 11.9 Å². The number of nitrogens with zero attached hydrogens (tertiary/aromatic N) is 4. The zero-order valence-electron chi connectivity index (χ0n) is 16.8. The maximum atomic E-state index is 12.8. The quantitative estimate of drug-likeness (QED) is 0.738. The van der Waals surface area contributed by atoms with E-state index in [1.807, 2.05) is 35.2 Å². The molecule has 0 saturated carbocycles. The van der Waals surface area contributed by atoms with E-state index in [1.54, 1.807) is 18.5 Å². The third-order valence-corrected chi connectivity index (χ3v) is 5.27. The van der Waals surface area contributed by atoms with Crippen LogP contribution in [0, 0.1) is 13.8 Å². The number of amides is 1. The first-order valence-corrected chi connectivity index (χ1v) is 9.86. The lowest BCUT2D eigenvalue weighted by atomic mass is 10.1. The van der Waals surface area contributed by atoms with Gasteiger partial charge in [0.1, 0.15) is 11.5 Å². The molecule has 1 aliphatic heterocycles. The number of piperazine rings is 1. The Morgan fingerprint density at radius 3 is 2.28 bits per heavy atom. The van der Waals surface area contributed by atoms with E-state index in [0.29, 0.717) is 18.8 Å². The zero-order chi connectivity index (χ0) is 20.2. The number of aryl methyl sites for hydroxylation is 2. The van der Waals surface area contributed by atoms with Gasteiger partial charge >= 0.3 is 0 Å². The molecule has 0 atom stereocenters. The summed E-state index contributed by atoms with van der Waals surface area (Å²) in [5.74, 6) is 0.934. The second-order valence-corrected chi connectivity index (χ2v) is 7.29. The van der Waals surface area contributed by atoms with Crippen LogP contribution in [0.1, 0.15) is 21.6 Å². The predicted molar refractivity (Wildman–Crippen MR) is 116 cm³/mol. The lowest BCUT2D eigenvalue weighted by molar-refractivity contribution is 0.0740. The predicted octanol–water partition coefficient (Wildman–Crippen LogP) is 3.80. The molecule has 1 amide bonds.